The van der Waals surface area contributed by atoms with Crippen LogP contribution in [0.2, 0.25) is 0 Å². The number of allylic oxidation sites excluding steroid dienone is 2. The fourth-order valence-electron chi connectivity index (χ4n) is 4.59. The van der Waals surface area contributed by atoms with Crippen molar-refractivity contribution in [2.75, 3.05) is 0 Å². The van der Waals surface area contributed by atoms with Crippen LogP contribution in [-0.4, -0.2) is 15.8 Å². The molecule has 3 rings (SSSR count). The van der Waals surface area contributed by atoms with E-state index in [4.69, 9.17) is 0 Å². The molecule has 2 aromatic rings. The number of aromatic nitrogens is 2. The minimum atomic E-state index is 0.0879. The van der Waals surface area contributed by atoms with E-state index < -0.39 is 0 Å². The van der Waals surface area contributed by atoms with Gasteiger partial charge >= 0.3 is 0 Å². The molecular formula is C27H34N2O. The Labute approximate surface area is 181 Å². The van der Waals surface area contributed by atoms with Gasteiger partial charge in [-0.05, 0) is 67.6 Å². The van der Waals surface area contributed by atoms with Crippen molar-refractivity contribution in [1.82, 2.24) is 9.97 Å². The second-order valence-corrected chi connectivity index (χ2v) is 8.54. The van der Waals surface area contributed by atoms with E-state index in [1.807, 2.05) is 12.2 Å². The summed E-state index contributed by atoms with van der Waals surface area (Å²) < 4.78 is 0. The number of benzene rings is 1. The molecule has 1 atom stereocenters. The standard InChI is InChI=1S/C27H34N2O/c1-6-18(4)19(5)26(25-16-28-17-29-25)27(30)23-12-10-22(11-13-23)24-14-9-20(7-2)21(8-3)15-24/h7-9,14-18,22-23H,2-3,6,10-13H2,1,4-5H3,(H,28,29)/b26-19-. The Morgan fingerprint density at radius 1 is 1.20 bits per heavy atom. The summed E-state index contributed by atoms with van der Waals surface area (Å²) in [6, 6.07) is 6.57. The molecule has 1 N–H and O–H groups in total. The fraction of sp³-hybridized carbons (Fsp3) is 0.407. The summed E-state index contributed by atoms with van der Waals surface area (Å²) in [7, 11) is 0. The zero-order valence-electron chi connectivity index (χ0n) is 18.6. The van der Waals surface area contributed by atoms with Crippen molar-refractivity contribution in [2.45, 2.75) is 58.8 Å². The number of Topliss-reactive ketones (excluding diaryl/α,β-unsaturated/α-hetero) is 1. The average Bonchev–Trinajstić information content (AvgIpc) is 3.32. The maximum atomic E-state index is 13.6. The topological polar surface area (TPSA) is 45.8 Å². The van der Waals surface area contributed by atoms with Crippen molar-refractivity contribution in [1.29, 1.82) is 0 Å². The van der Waals surface area contributed by atoms with Gasteiger partial charge in [0.1, 0.15) is 0 Å². The summed E-state index contributed by atoms with van der Waals surface area (Å²) in [6.45, 7) is 14.3. The van der Waals surface area contributed by atoms with Crippen LogP contribution in [0.5, 0.6) is 0 Å². The number of ketones is 1. The van der Waals surface area contributed by atoms with Crippen LogP contribution >= 0.6 is 0 Å². The van der Waals surface area contributed by atoms with Gasteiger partial charge in [0.2, 0.25) is 0 Å². The van der Waals surface area contributed by atoms with E-state index in [0.717, 1.165) is 54.5 Å². The number of H-pyrrole nitrogens is 1. The van der Waals surface area contributed by atoms with Gasteiger partial charge < -0.3 is 4.98 Å². The lowest BCUT2D eigenvalue weighted by Gasteiger charge is -2.29. The molecule has 0 saturated heterocycles. The molecule has 158 valence electrons. The highest BCUT2D eigenvalue weighted by Crippen LogP contribution is 2.39. The number of carbonyl (C=O) groups is 1. The molecule has 3 nitrogen and oxygen atoms in total. The molecule has 0 spiro atoms. The Balaban J connectivity index is 1.77. The summed E-state index contributed by atoms with van der Waals surface area (Å²) >= 11 is 0. The molecule has 1 aromatic heterocycles. The van der Waals surface area contributed by atoms with Crippen molar-refractivity contribution < 1.29 is 4.79 Å². The summed E-state index contributed by atoms with van der Waals surface area (Å²) in [6.07, 6.45) is 12.2. The van der Waals surface area contributed by atoms with Gasteiger partial charge in [0, 0.05) is 11.5 Å². The third kappa shape index (κ3) is 4.56. The predicted octanol–water partition coefficient (Wildman–Crippen LogP) is 7.06. The van der Waals surface area contributed by atoms with Crippen LogP contribution in [0.25, 0.3) is 17.7 Å². The van der Waals surface area contributed by atoms with Crippen LogP contribution in [-0.2, 0) is 4.79 Å². The van der Waals surface area contributed by atoms with Crippen LogP contribution < -0.4 is 0 Å². The quantitative estimate of drug-likeness (QED) is 0.480. The zero-order valence-corrected chi connectivity index (χ0v) is 18.6. The van der Waals surface area contributed by atoms with E-state index in [2.05, 4.69) is 62.1 Å². The molecule has 0 bridgehead atoms. The van der Waals surface area contributed by atoms with E-state index in [9.17, 15) is 4.79 Å². The molecule has 1 heterocycles. The molecule has 0 amide bonds. The Morgan fingerprint density at radius 2 is 1.90 bits per heavy atom. The van der Waals surface area contributed by atoms with Crippen LogP contribution in [0.1, 0.15) is 81.2 Å². The lowest BCUT2D eigenvalue weighted by Crippen LogP contribution is -2.23. The number of rotatable bonds is 8. The van der Waals surface area contributed by atoms with E-state index in [0.29, 0.717) is 11.8 Å². The minimum absolute atomic E-state index is 0.0879. The van der Waals surface area contributed by atoms with Crippen molar-refractivity contribution in [3.63, 3.8) is 0 Å². The molecule has 1 aliphatic rings. The third-order valence-electron chi connectivity index (χ3n) is 6.88. The molecule has 1 aliphatic carbocycles. The smallest absolute Gasteiger partial charge is 0.168 e. The van der Waals surface area contributed by atoms with E-state index in [-0.39, 0.29) is 11.7 Å². The highest BCUT2D eigenvalue weighted by molar-refractivity contribution is 6.22. The molecule has 30 heavy (non-hydrogen) atoms. The number of imidazole rings is 1. The SMILES string of the molecule is C=Cc1ccc(C2CCC(C(=O)/C(=C(/C)C(C)CC)c3cnc[nH]3)CC2)cc1C=C. The number of nitrogens with zero attached hydrogens (tertiary/aromatic N) is 1. The lowest BCUT2D eigenvalue weighted by atomic mass is 9.74. The summed E-state index contributed by atoms with van der Waals surface area (Å²) in [5, 5.41) is 0. The van der Waals surface area contributed by atoms with Crippen LogP contribution in [0.4, 0.5) is 0 Å². The molecule has 1 aromatic carbocycles. The number of nitrogens with one attached hydrogen (secondary N) is 1. The number of aromatic amines is 1. The Bertz CT molecular complexity index is 928. The predicted molar refractivity (Wildman–Crippen MR) is 127 cm³/mol. The Morgan fingerprint density at radius 3 is 2.47 bits per heavy atom. The van der Waals surface area contributed by atoms with Crippen LogP contribution in [0.15, 0.2) is 49.5 Å². The molecule has 1 saturated carbocycles. The van der Waals surface area contributed by atoms with Crippen molar-refractivity contribution in [3.05, 3.63) is 71.8 Å². The van der Waals surface area contributed by atoms with Gasteiger partial charge in [0.05, 0.1) is 18.2 Å². The highest BCUT2D eigenvalue weighted by atomic mass is 16.1. The minimum Gasteiger partial charge on any atom is -0.345 e. The second-order valence-electron chi connectivity index (χ2n) is 8.54. The molecule has 0 aliphatic heterocycles. The monoisotopic (exact) mass is 402 g/mol. The van der Waals surface area contributed by atoms with Gasteiger partial charge in [-0.2, -0.15) is 0 Å². The first-order chi connectivity index (χ1) is 14.5. The molecular weight excluding hydrogens is 368 g/mol. The van der Waals surface area contributed by atoms with Crippen LogP contribution in [0, 0.1) is 11.8 Å². The van der Waals surface area contributed by atoms with E-state index in [1.54, 1.807) is 12.5 Å². The van der Waals surface area contributed by atoms with Crippen LogP contribution in [0.3, 0.4) is 0 Å². The maximum absolute atomic E-state index is 13.6. The first kappa shape index (κ1) is 22.0. The lowest BCUT2D eigenvalue weighted by molar-refractivity contribution is -0.118. The summed E-state index contributed by atoms with van der Waals surface area (Å²) in [4.78, 5) is 20.9. The number of hydrogen-bond acceptors (Lipinski definition) is 2. The zero-order chi connectivity index (χ0) is 21.7. The fourth-order valence-corrected chi connectivity index (χ4v) is 4.59. The Kier molecular flexibility index (Phi) is 7.25. The van der Waals surface area contributed by atoms with Gasteiger partial charge in [0.15, 0.2) is 5.78 Å². The van der Waals surface area contributed by atoms with Crippen molar-refractivity contribution in [3.8, 4) is 0 Å². The molecule has 3 heteroatoms. The van der Waals surface area contributed by atoms with E-state index >= 15 is 0 Å². The second kappa shape index (κ2) is 9.88. The van der Waals surface area contributed by atoms with E-state index in [1.165, 1.54) is 11.1 Å². The number of carbonyl (C=O) groups excluding carboxylic acids is 1. The maximum Gasteiger partial charge on any atom is 0.168 e. The Hall–Kier alpha value is -2.68. The molecule has 1 fully saturated rings. The third-order valence-corrected chi connectivity index (χ3v) is 6.88. The highest BCUT2D eigenvalue weighted by Gasteiger charge is 2.31. The van der Waals surface area contributed by atoms with Gasteiger partial charge in [-0.1, -0.05) is 62.9 Å². The van der Waals surface area contributed by atoms with Crippen molar-refractivity contribution in [2.24, 2.45) is 11.8 Å². The normalized spacial score (nSPS) is 20.9. The van der Waals surface area contributed by atoms with Crippen molar-refractivity contribution >= 4 is 23.5 Å². The summed E-state index contributed by atoms with van der Waals surface area (Å²) in [5.41, 5.74) is 6.48. The largest absolute Gasteiger partial charge is 0.345 e. The first-order valence-electron chi connectivity index (χ1n) is 11.1. The van der Waals surface area contributed by atoms with Gasteiger partial charge in [0.25, 0.3) is 0 Å². The number of hydrogen-bond donors (Lipinski definition) is 1. The first-order valence-corrected chi connectivity index (χ1v) is 11.1. The van der Waals surface area contributed by atoms with Gasteiger partial charge in [-0.3, -0.25) is 4.79 Å². The van der Waals surface area contributed by atoms with Gasteiger partial charge in [-0.25, -0.2) is 4.98 Å². The molecule has 0 radical (unpaired) electrons. The average molecular weight is 403 g/mol. The molecule has 1 unspecified atom stereocenters. The van der Waals surface area contributed by atoms with Gasteiger partial charge in [-0.15, -0.1) is 0 Å². The summed E-state index contributed by atoms with van der Waals surface area (Å²) in [5.74, 6) is 1.25.